The molecule has 7 nitrogen and oxygen atoms in total. The second kappa shape index (κ2) is 12.0. The molecule has 0 aromatic carbocycles. The normalized spacial score (nSPS) is 47.5. The molecule has 0 radical (unpaired) electrons. The largest absolute Gasteiger partial charge is 0.382 e. The summed E-state index contributed by atoms with van der Waals surface area (Å²) < 4.78 is 29.7. The van der Waals surface area contributed by atoms with Crippen LogP contribution in [0.3, 0.4) is 0 Å². The van der Waals surface area contributed by atoms with Gasteiger partial charge in [0.25, 0.3) is 0 Å². The molecule has 0 bridgehead atoms. The van der Waals surface area contributed by atoms with E-state index in [4.69, 9.17) is 23.7 Å². The van der Waals surface area contributed by atoms with Crippen molar-refractivity contribution in [3.63, 3.8) is 0 Å². The molecule has 4 saturated carbocycles. The van der Waals surface area contributed by atoms with Gasteiger partial charge in [-0.25, -0.2) is 0 Å². The van der Waals surface area contributed by atoms with Gasteiger partial charge in [-0.2, -0.15) is 0 Å². The number of hydrogen-bond acceptors (Lipinski definition) is 7. The van der Waals surface area contributed by atoms with Crippen LogP contribution in [0.2, 0.25) is 0 Å². The summed E-state index contributed by atoms with van der Waals surface area (Å²) in [4.78, 5) is 15.1. The second-order valence-corrected chi connectivity index (χ2v) is 16.4. The topological polar surface area (TPSA) is 66.5 Å². The molecule has 7 heteroatoms. The molecule has 0 amide bonds. The van der Waals surface area contributed by atoms with E-state index in [0.717, 1.165) is 56.7 Å². The predicted octanol–water partition coefficient (Wildman–Crippen LogP) is 5.70. The van der Waals surface area contributed by atoms with E-state index < -0.39 is 0 Å². The van der Waals surface area contributed by atoms with Crippen molar-refractivity contribution >= 4 is 5.78 Å². The molecular formula is C37H59NO6. The van der Waals surface area contributed by atoms with E-state index in [1.54, 1.807) is 7.11 Å². The van der Waals surface area contributed by atoms with E-state index in [1.807, 2.05) is 0 Å². The average Bonchev–Trinajstić information content (AvgIpc) is 3.34. The number of allylic oxidation sites excluding steroid dienone is 2. The summed E-state index contributed by atoms with van der Waals surface area (Å²) in [6, 6.07) is 0.486. The number of fused-ring (bicyclic) bond motifs is 6. The number of methoxy groups -OCH3 is 1. The lowest BCUT2D eigenvalue weighted by Crippen LogP contribution is -2.55. The van der Waals surface area contributed by atoms with Crippen LogP contribution < -0.4 is 0 Å². The van der Waals surface area contributed by atoms with Crippen molar-refractivity contribution in [2.75, 3.05) is 66.4 Å². The first kappa shape index (κ1) is 31.8. The van der Waals surface area contributed by atoms with Gasteiger partial charge in [-0.3, -0.25) is 9.69 Å². The third-order valence-corrected chi connectivity index (χ3v) is 14.5. The minimum atomic E-state index is -0.00560. The Hall–Kier alpha value is -0.830. The van der Waals surface area contributed by atoms with Gasteiger partial charge < -0.3 is 23.7 Å². The zero-order valence-electron chi connectivity index (χ0n) is 28.2. The minimum absolute atomic E-state index is 0.00560. The molecule has 2 unspecified atom stereocenters. The Morgan fingerprint density at radius 3 is 2.45 bits per heavy atom. The lowest BCUT2D eigenvalue weighted by Gasteiger charge is -2.50. The fraction of sp³-hybridized carbons (Fsp3) is 0.919. The monoisotopic (exact) mass is 613 g/mol. The first-order chi connectivity index (χ1) is 21.2. The molecule has 2 aliphatic heterocycles. The Bertz CT molecular complexity index is 1110. The van der Waals surface area contributed by atoms with Crippen LogP contribution in [-0.4, -0.2) is 94.9 Å². The van der Waals surface area contributed by atoms with Crippen molar-refractivity contribution < 1.29 is 28.5 Å². The van der Waals surface area contributed by atoms with Gasteiger partial charge in [0.1, 0.15) is 5.78 Å². The number of piperidine rings is 1. The maximum absolute atomic E-state index is 12.4. The average molecular weight is 614 g/mol. The van der Waals surface area contributed by atoms with E-state index in [2.05, 4.69) is 38.7 Å². The third-order valence-electron chi connectivity index (χ3n) is 14.5. The van der Waals surface area contributed by atoms with Gasteiger partial charge in [0, 0.05) is 50.4 Å². The number of carbonyl (C=O) groups excluding carboxylic acids is 1. The first-order valence-electron chi connectivity index (χ1n) is 18.0. The first-order valence-corrected chi connectivity index (χ1v) is 18.0. The fourth-order valence-electron chi connectivity index (χ4n) is 12.4. The Morgan fingerprint density at radius 2 is 1.70 bits per heavy atom. The standard InChI is InChI=1S/C37H59NO6/c1-25-20-32-33(38(23-25)12-13-41-16-17-43-19-18-42-15-14-40-5)26(2)37(44-32)11-9-30-29-7-6-27-21-28(39)8-10-34(27,3)31(29)22-36(30)24-35(36,37)4/h6,25-26,29-33H,7-24H2,1-5H3/t25-,26+,29-,30-,31-,32+,33-,34-,35?,36?,37+/m0/s1. The Morgan fingerprint density at radius 1 is 0.977 bits per heavy atom. The molecule has 248 valence electrons. The van der Waals surface area contributed by atoms with Crippen molar-refractivity contribution in [1.29, 1.82) is 0 Å². The SMILES string of the molecule is COCCOCCOCCOCCN1C[C@@H](C)C[C@H]2O[C@]3(CC[C@H]4[C@@H]5CC=C6CC(=O)CC[C@]6(C)[C@H]5CC45CC53C)[C@H](C)[C@@H]21. The summed E-state index contributed by atoms with van der Waals surface area (Å²) in [5.41, 5.74) is 2.43. The summed E-state index contributed by atoms with van der Waals surface area (Å²) in [6.07, 6.45) is 13.1. The molecule has 44 heavy (non-hydrogen) atoms. The van der Waals surface area contributed by atoms with Crippen LogP contribution in [0.1, 0.15) is 85.5 Å². The van der Waals surface area contributed by atoms with Crippen LogP contribution in [-0.2, 0) is 28.5 Å². The molecule has 2 heterocycles. The maximum atomic E-state index is 12.4. The molecule has 11 atom stereocenters. The third kappa shape index (κ3) is 4.84. The van der Waals surface area contributed by atoms with Crippen molar-refractivity contribution in [3.8, 4) is 0 Å². The number of ketones is 1. The zero-order valence-corrected chi connectivity index (χ0v) is 28.2. The van der Waals surface area contributed by atoms with Gasteiger partial charge in [0.15, 0.2) is 0 Å². The number of Topliss-reactive ketones (excluding diaryl/α,β-unsaturated/α-hetero) is 1. The van der Waals surface area contributed by atoms with E-state index in [-0.39, 0.29) is 16.4 Å². The Kier molecular flexibility index (Phi) is 8.66. The number of rotatable bonds is 12. The number of ether oxygens (including phenoxy) is 5. The van der Waals surface area contributed by atoms with Crippen molar-refractivity contribution in [2.24, 2.45) is 45.8 Å². The van der Waals surface area contributed by atoms with Crippen LogP contribution >= 0.6 is 0 Å². The molecule has 2 saturated heterocycles. The van der Waals surface area contributed by atoms with Crippen molar-refractivity contribution in [1.82, 2.24) is 4.90 Å². The highest BCUT2D eigenvalue weighted by Gasteiger charge is 2.84. The zero-order chi connectivity index (χ0) is 30.7. The lowest BCUT2D eigenvalue weighted by atomic mass is 9.56. The molecule has 6 fully saturated rings. The predicted molar refractivity (Wildman–Crippen MR) is 169 cm³/mol. The molecule has 5 aliphatic carbocycles. The van der Waals surface area contributed by atoms with Gasteiger partial charge in [0.2, 0.25) is 0 Å². The summed E-state index contributed by atoms with van der Waals surface area (Å²) in [5, 5.41) is 0. The van der Waals surface area contributed by atoms with Gasteiger partial charge in [-0.15, -0.1) is 0 Å². The van der Waals surface area contributed by atoms with E-state index in [1.165, 1.54) is 44.1 Å². The second-order valence-electron chi connectivity index (χ2n) is 16.4. The van der Waals surface area contributed by atoms with Crippen molar-refractivity contribution in [2.45, 2.75) is 103 Å². The Balaban J connectivity index is 0.981. The van der Waals surface area contributed by atoms with Crippen LogP contribution in [0.4, 0.5) is 0 Å². The molecule has 7 rings (SSSR count). The van der Waals surface area contributed by atoms with Gasteiger partial charge in [0.05, 0.1) is 58.0 Å². The quantitative estimate of drug-likeness (QED) is 0.207. The van der Waals surface area contributed by atoms with Gasteiger partial charge >= 0.3 is 0 Å². The maximum Gasteiger partial charge on any atom is 0.136 e. The summed E-state index contributed by atoms with van der Waals surface area (Å²) in [7, 11) is 1.68. The van der Waals surface area contributed by atoms with E-state index in [0.29, 0.717) is 74.8 Å². The lowest BCUT2D eigenvalue weighted by molar-refractivity contribution is -0.148. The van der Waals surface area contributed by atoms with Gasteiger partial charge in [-0.1, -0.05) is 39.3 Å². The summed E-state index contributed by atoms with van der Waals surface area (Å²) >= 11 is 0. The number of likely N-dealkylation sites (tertiary alicyclic amines) is 1. The molecular weight excluding hydrogens is 554 g/mol. The fourth-order valence-corrected chi connectivity index (χ4v) is 12.4. The molecule has 2 spiro atoms. The van der Waals surface area contributed by atoms with E-state index in [9.17, 15) is 4.79 Å². The number of nitrogens with zero attached hydrogens (tertiary/aromatic N) is 1. The van der Waals surface area contributed by atoms with Crippen LogP contribution in [0, 0.1) is 45.8 Å². The van der Waals surface area contributed by atoms with Crippen LogP contribution in [0.25, 0.3) is 0 Å². The molecule has 7 aliphatic rings. The smallest absolute Gasteiger partial charge is 0.136 e. The summed E-state index contributed by atoms with van der Waals surface area (Å²) in [5.74, 6) is 4.02. The summed E-state index contributed by atoms with van der Waals surface area (Å²) in [6.45, 7) is 16.6. The Labute approximate surface area is 266 Å². The van der Waals surface area contributed by atoms with Crippen LogP contribution in [0.15, 0.2) is 11.6 Å². The highest BCUT2D eigenvalue weighted by Crippen LogP contribution is 2.87. The highest BCUT2D eigenvalue weighted by atomic mass is 16.6. The van der Waals surface area contributed by atoms with E-state index >= 15 is 0 Å². The molecule has 0 aromatic heterocycles. The van der Waals surface area contributed by atoms with Crippen LogP contribution in [0.5, 0.6) is 0 Å². The van der Waals surface area contributed by atoms with Crippen molar-refractivity contribution in [3.05, 3.63) is 11.6 Å². The highest BCUT2D eigenvalue weighted by molar-refractivity contribution is 5.82. The van der Waals surface area contributed by atoms with Gasteiger partial charge in [-0.05, 0) is 79.4 Å². The molecule has 0 aromatic rings. The molecule has 0 N–H and O–H groups in total. The minimum Gasteiger partial charge on any atom is -0.382 e. The number of hydrogen-bond donors (Lipinski definition) is 0. The number of carbonyl (C=O) groups is 1.